The molecule has 1 aliphatic rings. The topological polar surface area (TPSA) is 103 Å². The van der Waals surface area contributed by atoms with Crippen molar-refractivity contribution >= 4 is 23.7 Å². The maximum atomic E-state index is 14.5. The first-order valence-electron chi connectivity index (χ1n) is 9.62. The van der Waals surface area contributed by atoms with Gasteiger partial charge in [-0.05, 0) is 32.9 Å². The van der Waals surface area contributed by atoms with Crippen LogP contribution in [0.5, 0.6) is 5.75 Å². The van der Waals surface area contributed by atoms with E-state index in [0.717, 1.165) is 20.3 Å². The summed E-state index contributed by atoms with van der Waals surface area (Å²) in [4.78, 5) is 37.3. The number of amides is 1. The number of nitrogens with one attached hydrogen (secondary N) is 1. The average Bonchev–Trinajstić information content (AvgIpc) is 3.16. The molecule has 1 aromatic carbocycles. The van der Waals surface area contributed by atoms with E-state index in [1.807, 2.05) is 0 Å². The van der Waals surface area contributed by atoms with E-state index in [4.69, 9.17) is 9.47 Å². The molecule has 1 unspecified atom stereocenters. The van der Waals surface area contributed by atoms with Crippen molar-refractivity contribution in [1.29, 1.82) is 0 Å². The summed E-state index contributed by atoms with van der Waals surface area (Å²) in [6.07, 6.45) is 0.491. The quantitative estimate of drug-likeness (QED) is 0.411. The molecule has 0 aromatic heterocycles. The number of para-hydroxylation sites is 1. The fraction of sp³-hybridized carbons (Fsp3) is 0.476. The van der Waals surface area contributed by atoms with Crippen LogP contribution in [0.3, 0.4) is 0 Å². The van der Waals surface area contributed by atoms with Crippen LogP contribution in [0, 0.1) is 5.82 Å². The smallest absolute Gasteiger partial charge is 0.410 e. The van der Waals surface area contributed by atoms with Gasteiger partial charge in [0.1, 0.15) is 34.7 Å². The molecule has 1 amide bonds. The molecule has 1 fully saturated rings. The summed E-state index contributed by atoms with van der Waals surface area (Å²) in [5, 5.41) is 2.55. The first-order valence-corrected chi connectivity index (χ1v) is 9.62. The van der Waals surface area contributed by atoms with E-state index < -0.39 is 35.6 Å². The summed E-state index contributed by atoms with van der Waals surface area (Å²) in [5.41, 5.74) is -1.10. The van der Waals surface area contributed by atoms with Crippen LogP contribution >= 0.6 is 0 Å². The number of carbonyl (C=O) groups is 3. The fourth-order valence-corrected chi connectivity index (χ4v) is 2.79. The van der Waals surface area contributed by atoms with Crippen molar-refractivity contribution in [2.75, 3.05) is 32.6 Å². The summed E-state index contributed by atoms with van der Waals surface area (Å²) in [6, 6.07) is 4.12. The summed E-state index contributed by atoms with van der Waals surface area (Å²) >= 11 is 0. The van der Waals surface area contributed by atoms with Gasteiger partial charge in [-0.25, -0.2) is 18.8 Å². The number of methoxy groups -OCH3 is 2. The molecule has 1 N–H and O–H groups in total. The maximum absolute atomic E-state index is 14.5. The number of esters is 2. The highest BCUT2D eigenvalue weighted by Crippen LogP contribution is 2.31. The van der Waals surface area contributed by atoms with Crippen LogP contribution in [0.2, 0.25) is 0 Å². The molecule has 31 heavy (non-hydrogen) atoms. The molecule has 0 spiro atoms. The molecule has 0 bridgehead atoms. The van der Waals surface area contributed by atoms with Gasteiger partial charge in [0.25, 0.3) is 0 Å². The lowest BCUT2D eigenvalue weighted by Crippen LogP contribution is -2.36. The highest BCUT2D eigenvalue weighted by Gasteiger charge is 2.31. The van der Waals surface area contributed by atoms with Crippen molar-refractivity contribution in [2.24, 2.45) is 0 Å². The van der Waals surface area contributed by atoms with E-state index in [2.05, 4.69) is 14.8 Å². The van der Waals surface area contributed by atoms with Crippen molar-refractivity contribution < 1.29 is 37.7 Å². The Hall–Kier alpha value is -3.30. The zero-order valence-electron chi connectivity index (χ0n) is 18.2. The first-order chi connectivity index (χ1) is 14.5. The number of likely N-dealkylation sites (tertiary alicyclic amines) is 1. The molecule has 9 nitrogen and oxygen atoms in total. The Balaban J connectivity index is 2.18. The predicted octanol–water partition coefficient (Wildman–Crippen LogP) is 2.86. The molecule has 1 heterocycles. The van der Waals surface area contributed by atoms with Gasteiger partial charge in [0.2, 0.25) is 0 Å². The lowest BCUT2D eigenvalue weighted by molar-refractivity contribution is -0.138. The fourth-order valence-electron chi connectivity index (χ4n) is 2.79. The predicted molar refractivity (Wildman–Crippen MR) is 109 cm³/mol. The second-order valence-corrected chi connectivity index (χ2v) is 7.77. The van der Waals surface area contributed by atoms with E-state index in [1.54, 1.807) is 20.8 Å². The number of nitrogens with zero attached hydrogens (tertiary/aromatic N) is 1. The Morgan fingerprint density at radius 1 is 1.19 bits per heavy atom. The van der Waals surface area contributed by atoms with Gasteiger partial charge in [0, 0.05) is 13.0 Å². The number of rotatable bonds is 6. The molecular formula is C21H27FN2O7. The van der Waals surface area contributed by atoms with Crippen molar-refractivity contribution in [2.45, 2.75) is 38.9 Å². The molecule has 0 radical (unpaired) electrons. The molecule has 0 saturated carbocycles. The Morgan fingerprint density at radius 3 is 2.52 bits per heavy atom. The summed E-state index contributed by atoms with van der Waals surface area (Å²) in [6.45, 7) is 6.02. The molecule has 0 aliphatic carbocycles. The maximum Gasteiger partial charge on any atom is 0.410 e. The molecule has 2 rings (SSSR count). The third kappa shape index (κ3) is 6.87. The van der Waals surface area contributed by atoms with Gasteiger partial charge in [0.05, 0.1) is 26.8 Å². The minimum Gasteiger partial charge on any atom is -0.486 e. The largest absolute Gasteiger partial charge is 0.486 e. The van der Waals surface area contributed by atoms with Gasteiger partial charge in [-0.3, -0.25) is 0 Å². The lowest BCUT2D eigenvalue weighted by Gasteiger charge is -2.24. The number of benzene rings is 1. The molecule has 1 aliphatic heterocycles. The van der Waals surface area contributed by atoms with Crippen LogP contribution in [0.1, 0.15) is 27.2 Å². The second kappa shape index (κ2) is 10.1. The zero-order valence-corrected chi connectivity index (χ0v) is 18.2. The van der Waals surface area contributed by atoms with Crippen LogP contribution in [0.15, 0.2) is 30.0 Å². The van der Waals surface area contributed by atoms with Crippen molar-refractivity contribution in [1.82, 2.24) is 4.90 Å². The van der Waals surface area contributed by atoms with Gasteiger partial charge in [-0.15, -0.1) is 0 Å². The van der Waals surface area contributed by atoms with Crippen LogP contribution < -0.4 is 10.1 Å². The van der Waals surface area contributed by atoms with E-state index in [0.29, 0.717) is 13.0 Å². The Labute approximate surface area is 180 Å². The number of halogens is 1. The van der Waals surface area contributed by atoms with Crippen molar-refractivity contribution in [3.63, 3.8) is 0 Å². The summed E-state index contributed by atoms with van der Waals surface area (Å²) in [7, 11) is 2.26. The van der Waals surface area contributed by atoms with Crippen molar-refractivity contribution in [3.8, 4) is 5.75 Å². The van der Waals surface area contributed by atoms with E-state index in [-0.39, 0.29) is 23.7 Å². The van der Waals surface area contributed by atoms with Gasteiger partial charge in [0.15, 0.2) is 0 Å². The van der Waals surface area contributed by atoms with Gasteiger partial charge >= 0.3 is 18.0 Å². The number of anilines is 1. The number of hydrogen-bond donors (Lipinski definition) is 1. The van der Waals surface area contributed by atoms with Crippen LogP contribution in [0.4, 0.5) is 14.9 Å². The first kappa shape index (κ1) is 24.0. The number of carbonyl (C=O) groups excluding carboxylic acids is 3. The Kier molecular flexibility index (Phi) is 7.84. The average molecular weight is 438 g/mol. The second-order valence-electron chi connectivity index (χ2n) is 7.77. The molecular weight excluding hydrogens is 411 g/mol. The molecule has 1 atom stereocenters. The van der Waals surface area contributed by atoms with Gasteiger partial charge < -0.3 is 29.2 Å². The molecule has 1 saturated heterocycles. The SMILES string of the molecule is COC(=O)/C=C(/Nc1c(F)cccc1OC1CCN(C(=O)OC(C)(C)C)C1)C(=O)OC. The zero-order chi connectivity index (χ0) is 23.2. The minimum atomic E-state index is -0.892. The van der Waals surface area contributed by atoms with Crippen LogP contribution in [0.25, 0.3) is 0 Å². The minimum absolute atomic E-state index is 0.107. The molecule has 1 aromatic rings. The molecule has 170 valence electrons. The third-order valence-corrected chi connectivity index (χ3v) is 4.19. The number of ether oxygens (including phenoxy) is 4. The van der Waals surface area contributed by atoms with Crippen LogP contribution in [-0.4, -0.2) is 61.9 Å². The number of hydrogen-bond acceptors (Lipinski definition) is 8. The summed E-state index contributed by atoms with van der Waals surface area (Å²) < 4.78 is 34.9. The van der Waals surface area contributed by atoms with Gasteiger partial charge in [-0.1, -0.05) is 6.07 Å². The van der Waals surface area contributed by atoms with Crippen LogP contribution in [-0.2, 0) is 23.8 Å². The lowest BCUT2D eigenvalue weighted by atomic mass is 10.2. The van der Waals surface area contributed by atoms with Crippen molar-refractivity contribution in [3.05, 3.63) is 35.8 Å². The Bertz CT molecular complexity index is 864. The standard InChI is InChI=1S/C21H27FN2O7/c1-21(2,3)31-20(27)24-10-9-13(12-24)30-16-8-6-7-14(22)18(16)23-15(19(26)29-5)11-17(25)28-4/h6-8,11,13,23H,9-10,12H2,1-5H3/b15-11+. The highest BCUT2D eigenvalue weighted by atomic mass is 19.1. The summed E-state index contributed by atoms with van der Waals surface area (Å²) in [5.74, 6) is -2.32. The molecule has 10 heteroatoms. The van der Waals surface area contributed by atoms with E-state index >= 15 is 0 Å². The Morgan fingerprint density at radius 2 is 1.90 bits per heavy atom. The monoisotopic (exact) mass is 438 g/mol. The van der Waals surface area contributed by atoms with E-state index in [9.17, 15) is 18.8 Å². The van der Waals surface area contributed by atoms with E-state index in [1.165, 1.54) is 23.1 Å². The normalized spacial score (nSPS) is 16.5. The van der Waals surface area contributed by atoms with Gasteiger partial charge in [-0.2, -0.15) is 0 Å². The third-order valence-electron chi connectivity index (χ3n) is 4.19. The highest BCUT2D eigenvalue weighted by molar-refractivity contribution is 5.99.